The van der Waals surface area contributed by atoms with E-state index in [2.05, 4.69) is 49.1 Å². The Kier molecular flexibility index (Phi) is 7.14. The minimum atomic E-state index is -3.13. The van der Waals surface area contributed by atoms with Crippen molar-refractivity contribution in [1.29, 1.82) is 0 Å². The lowest BCUT2D eigenvalue weighted by molar-refractivity contribution is -0.133. The molecule has 160 valence electrons. The van der Waals surface area contributed by atoms with Gasteiger partial charge in [-0.15, -0.1) is 0 Å². The minimum Gasteiger partial charge on any atom is -0.342 e. The Bertz CT molecular complexity index is 830. The highest BCUT2D eigenvalue weighted by Crippen LogP contribution is 2.22. The number of allylic oxidation sites excluding steroid dienone is 1. The summed E-state index contributed by atoms with van der Waals surface area (Å²) in [5.74, 6) is 0.673. The fourth-order valence-electron chi connectivity index (χ4n) is 4.17. The zero-order chi connectivity index (χ0) is 21.0. The zero-order valence-corrected chi connectivity index (χ0v) is 18.6. The van der Waals surface area contributed by atoms with Gasteiger partial charge in [-0.2, -0.15) is 4.31 Å². The lowest BCUT2D eigenvalue weighted by Gasteiger charge is -2.36. The zero-order valence-electron chi connectivity index (χ0n) is 17.8. The standard InChI is InChI=1S/C22H33N3O3S/c1-18-5-4-6-19(2)21(18)8-7-20-9-11-24(12-10-20)22(26)17-23-13-15-25(16-14-23)29(3,27)28/h4-8,20H,9-17H2,1-3H3/b8-7+. The monoisotopic (exact) mass is 419 g/mol. The molecule has 0 bridgehead atoms. The maximum atomic E-state index is 12.7. The number of sulfonamides is 1. The first kappa shape index (κ1) is 22.0. The van der Waals surface area contributed by atoms with Gasteiger partial charge in [0, 0.05) is 39.3 Å². The molecule has 0 aromatic heterocycles. The van der Waals surface area contributed by atoms with Crippen LogP contribution in [0.4, 0.5) is 0 Å². The maximum absolute atomic E-state index is 12.7. The number of carbonyl (C=O) groups is 1. The van der Waals surface area contributed by atoms with Crippen LogP contribution >= 0.6 is 0 Å². The third kappa shape index (κ3) is 5.90. The summed E-state index contributed by atoms with van der Waals surface area (Å²) in [7, 11) is -3.13. The van der Waals surface area contributed by atoms with Gasteiger partial charge in [0.15, 0.2) is 0 Å². The second kappa shape index (κ2) is 9.41. The molecule has 2 saturated heterocycles. The molecule has 2 fully saturated rings. The van der Waals surface area contributed by atoms with Gasteiger partial charge in [0.25, 0.3) is 0 Å². The van der Waals surface area contributed by atoms with Gasteiger partial charge in [0.2, 0.25) is 15.9 Å². The van der Waals surface area contributed by atoms with Gasteiger partial charge in [-0.05, 0) is 49.3 Å². The van der Waals surface area contributed by atoms with E-state index in [-0.39, 0.29) is 5.91 Å². The minimum absolute atomic E-state index is 0.162. The highest BCUT2D eigenvalue weighted by atomic mass is 32.2. The first-order chi connectivity index (χ1) is 13.7. The van der Waals surface area contributed by atoms with Crippen molar-refractivity contribution in [3.05, 3.63) is 41.0 Å². The van der Waals surface area contributed by atoms with Crippen molar-refractivity contribution in [3.63, 3.8) is 0 Å². The van der Waals surface area contributed by atoms with Crippen LogP contribution < -0.4 is 0 Å². The summed E-state index contributed by atoms with van der Waals surface area (Å²) >= 11 is 0. The van der Waals surface area contributed by atoms with Gasteiger partial charge < -0.3 is 4.90 Å². The highest BCUT2D eigenvalue weighted by molar-refractivity contribution is 7.88. The average molecular weight is 420 g/mol. The predicted molar refractivity (Wildman–Crippen MR) is 117 cm³/mol. The SMILES string of the molecule is Cc1cccc(C)c1/C=C/C1CCN(C(=O)CN2CCN(S(C)(=O)=O)CC2)CC1. The third-order valence-electron chi connectivity index (χ3n) is 6.13. The van der Waals surface area contributed by atoms with E-state index >= 15 is 0 Å². The van der Waals surface area contributed by atoms with E-state index in [9.17, 15) is 13.2 Å². The fraction of sp³-hybridized carbons (Fsp3) is 0.591. The molecule has 0 unspecified atom stereocenters. The Morgan fingerprint density at radius 3 is 2.17 bits per heavy atom. The molecule has 3 rings (SSSR count). The number of nitrogens with zero attached hydrogens (tertiary/aromatic N) is 3. The number of carbonyl (C=O) groups excluding carboxylic acids is 1. The summed E-state index contributed by atoms with van der Waals surface area (Å²) in [6, 6.07) is 6.38. The van der Waals surface area contributed by atoms with E-state index < -0.39 is 10.0 Å². The average Bonchev–Trinajstić information content (AvgIpc) is 2.68. The van der Waals surface area contributed by atoms with Gasteiger partial charge in [0.1, 0.15) is 0 Å². The highest BCUT2D eigenvalue weighted by Gasteiger charge is 2.27. The Balaban J connectivity index is 1.45. The maximum Gasteiger partial charge on any atom is 0.236 e. The van der Waals surface area contributed by atoms with Crippen molar-refractivity contribution >= 4 is 22.0 Å². The van der Waals surface area contributed by atoms with Crippen molar-refractivity contribution in [2.24, 2.45) is 5.92 Å². The lowest BCUT2D eigenvalue weighted by atomic mass is 9.94. The number of hydrogen-bond donors (Lipinski definition) is 0. The quantitative estimate of drug-likeness (QED) is 0.734. The lowest BCUT2D eigenvalue weighted by Crippen LogP contribution is -2.52. The molecule has 0 atom stereocenters. The molecule has 2 aliphatic rings. The molecule has 1 amide bonds. The molecule has 2 heterocycles. The van der Waals surface area contributed by atoms with Gasteiger partial charge >= 0.3 is 0 Å². The largest absolute Gasteiger partial charge is 0.342 e. The molecular weight excluding hydrogens is 386 g/mol. The van der Waals surface area contributed by atoms with Crippen LogP contribution in [0.1, 0.15) is 29.5 Å². The Labute approximate surface area is 175 Å². The van der Waals surface area contributed by atoms with E-state index in [1.54, 1.807) is 0 Å². The molecular formula is C22H33N3O3S. The number of rotatable bonds is 5. The van der Waals surface area contributed by atoms with E-state index in [0.717, 1.165) is 25.9 Å². The Morgan fingerprint density at radius 1 is 1.03 bits per heavy atom. The van der Waals surface area contributed by atoms with Crippen molar-refractivity contribution in [1.82, 2.24) is 14.1 Å². The number of hydrogen-bond acceptors (Lipinski definition) is 4. The number of amides is 1. The first-order valence-electron chi connectivity index (χ1n) is 10.4. The van der Waals surface area contributed by atoms with Crippen LogP contribution in [0.2, 0.25) is 0 Å². The fourth-order valence-corrected chi connectivity index (χ4v) is 5.00. The second-order valence-electron chi connectivity index (χ2n) is 8.32. The number of piperidine rings is 1. The second-order valence-corrected chi connectivity index (χ2v) is 10.3. The summed E-state index contributed by atoms with van der Waals surface area (Å²) < 4.78 is 24.7. The van der Waals surface area contributed by atoms with Crippen molar-refractivity contribution in [2.75, 3.05) is 52.1 Å². The van der Waals surface area contributed by atoms with Gasteiger partial charge in [-0.25, -0.2) is 8.42 Å². The van der Waals surface area contributed by atoms with Gasteiger partial charge in [0.05, 0.1) is 12.8 Å². The van der Waals surface area contributed by atoms with E-state index in [0.29, 0.717) is 38.6 Å². The molecule has 29 heavy (non-hydrogen) atoms. The number of aryl methyl sites for hydroxylation is 2. The number of likely N-dealkylation sites (tertiary alicyclic amines) is 1. The van der Waals surface area contributed by atoms with Crippen LogP contribution in [0.25, 0.3) is 6.08 Å². The van der Waals surface area contributed by atoms with Crippen LogP contribution in [0.3, 0.4) is 0 Å². The van der Waals surface area contributed by atoms with Crippen molar-refractivity contribution < 1.29 is 13.2 Å². The Morgan fingerprint density at radius 2 is 1.62 bits per heavy atom. The molecule has 0 aliphatic carbocycles. The normalized spacial score (nSPS) is 20.4. The first-order valence-corrected chi connectivity index (χ1v) is 12.3. The van der Waals surface area contributed by atoms with Crippen LogP contribution in [0.15, 0.2) is 24.3 Å². The summed E-state index contributed by atoms with van der Waals surface area (Å²) in [5.41, 5.74) is 3.90. The smallest absolute Gasteiger partial charge is 0.236 e. The molecule has 0 spiro atoms. The van der Waals surface area contributed by atoms with Gasteiger partial charge in [-0.3, -0.25) is 9.69 Å². The molecule has 0 N–H and O–H groups in total. The predicted octanol–water partition coefficient (Wildman–Crippen LogP) is 2.13. The summed E-state index contributed by atoms with van der Waals surface area (Å²) in [6.45, 7) is 8.44. The Hall–Kier alpha value is -1.70. The molecule has 0 saturated carbocycles. The summed E-state index contributed by atoms with van der Waals surface area (Å²) in [5, 5.41) is 0. The molecule has 0 radical (unpaired) electrons. The van der Waals surface area contributed by atoms with Crippen LogP contribution in [-0.4, -0.2) is 80.5 Å². The van der Waals surface area contributed by atoms with Crippen LogP contribution in [-0.2, 0) is 14.8 Å². The van der Waals surface area contributed by atoms with Crippen molar-refractivity contribution in [3.8, 4) is 0 Å². The molecule has 7 heteroatoms. The molecule has 1 aromatic carbocycles. The van der Waals surface area contributed by atoms with Crippen LogP contribution in [0.5, 0.6) is 0 Å². The van der Waals surface area contributed by atoms with E-state index in [4.69, 9.17) is 0 Å². The summed E-state index contributed by atoms with van der Waals surface area (Å²) in [6.07, 6.45) is 7.78. The van der Waals surface area contributed by atoms with Gasteiger partial charge in [-0.1, -0.05) is 30.4 Å². The molecule has 6 nitrogen and oxygen atoms in total. The molecule has 2 aliphatic heterocycles. The number of piperazine rings is 1. The van der Waals surface area contributed by atoms with Crippen molar-refractivity contribution in [2.45, 2.75) is 26.7 Å². The number of benzene rings is 1. The van der Waals surface area contributed by atoms with Crippen LogP contribution in [0, 0.1) is 19.8 Å². The summed E-state index contributed by atoms with van der Waals surface area (Å²) in [4.78, 5) is 16.7. The topological polar surface area (TPSA) is 60.9 Å². The molecule has 1 aromatic rings. The third-order valence-corrected chi connectivity index (χ3v) is 7.43. The van der Waals surface area contributed by atoms with E-state index in [1.165, 1.54) is 27.3 Å². The van der Waals surface area contributed by atoms with E-state index in [1.807, 2.05) is 4.90 Å².